The van der Waals surface area contributed by atoms with Crippen LogP contribution >= 0.6 is 11.8 Å². The van der Waals surface area contributed by atoms with E-state index in [1.165, 1.54) is 17.8 Å². The van der Waals surface area contributed by atoms with Crippen LogP contribution in [0.3, 0.4) is 0 Å². The molecule has 0 saturated carbocycles. The van der Waals surface area contributed by atoms with Crippen LogP contribution < -0.4 is 4.74 Å². The number of carboxylic acid groups (broad SMARTS) is 1. The third kappa shape index (κ3) is 7.34. The van der Waals surface area contributed by atoms with Crippen molar-refractivity contribution < 1.29 is 28.6 Å². The smallest absolute Gasteiger partial charge is 0.341 e. The van der Waals surface area contributed by atoms with Gasteiger partial charge in [0.05, 0.1) is 6.04 Å². The van der Waals surface area contributed by atoms with Gasteiger partial charge in [0.1, 0.15) is 16.6 Å². The van der Waals surface area contributed by atoms with Crippen molar-refractivity contribution in [1.82, 2.24) is 19.7 Å². The Morgan fingerprint density at radius 3 is 2.48 bits per heavy atom. The number of aliphatic carboxylic acids is 1. The molecule has 2 amide bonds. The molecule has 2 aromatic carbocycles. The molecule has 9 nitrogen and oxygen atoms in total. The highest BCUT2D eigenvalue weighted by atomic mass is 32.2. The van der Waals surface area contributed by atoms with Gasteiger partial charge in [0.25, 0.3) is 0 Å². The molecule has 6 rings (SSSR count). The summed E-state index contributed by atoms with van der Waals surface area (Å²) < 4.78 is 25.0. The lowest BCUT2D eigenvalue weighted by Gasteiger charge is -2.39. The fourth-order valence-corrected chi connectivity index (χ4v) is 7.13. The van der Waals surface area contributed by atoms with Gasteiger partial charge in [-0.1, -0.05) is 30.0 Å². The maximum atomic E-state index is 14.2. The van der Waals surface area contributed by atoms with Crippen LogP contribution in [0.15, 0.2) is 76.8 Å². The molecule has 3 aromatic rings. The Hall–Kier alpha value is -3.67. The highest BCUT2D eigenvalue weighted by molar-refractivity contribution is 7.99. The highest BCUT2D eigenvalue weighted by Crippen LogP contribution is 2.37. The second-order valence-corrected chi connectivity index (χ2v) is 12.6. The number of likely N-dealkylation sites (tertiary alicyclic amines) is 1. The van der Waals surface area contributed by atoms with Gasteiger partial charge in [-0.25, -0.2) is 19.0 Å². The molecule has 3 fully saturated rings. The average molecular weight is 621 g/mol. The first-order valence-corrected chi connectivity index (χ1v) is 16.0. The first kappa shape index (κ1) is 30.4. The number of nitrogens with zero attached hydrogens (tertiary/aromatic N) is 4. The highest BCUT2D eigenvalue weighted by Gasteiger charge is 2.45. The first-order chi connectivity index (χ1) is 21.4. The summed E-state index contributed by atoms with van der Waals surface area (Å²) in [4.78, 5) is 36.6. The molecule has 44 heavy (non-hydrogen) atoms. The number of aromatic nitrogens is 1. The number of benzene rings is 2. The van der Waals surface area contributed by atoms with Gasteiger partial charge < -0.3 is 24.4 Å². The van der Waals surface area contributed by atoms with E-state index in [-0.39, 0.29) is 36.6 Å². The van der Waals surface area contributed by atoms with Crippen LogP contribution in [0.2, 0.25) is 0 Å². The van der Waals surface area contributed by atoms with Gasteiger partial charge >= 0.3 is 12.0 Å². The average Bonchev–Trinajstić information content (AvgIpc) is 3.39. The summed E-state index contributed by atoms with van der Waals surface area (Å²) in [6, 6.07) is 18.3. The largest absolute Gasteiger partial charge is 0.482 e. The van der Waals surface area contributed by atoms with Crippen molar-refractivity contribution in [1.29, 1.82) is 0 Å². The fraction of sp³-hybridized carbons (Fsp3) is 0.424. The molecule has 11 heteroatoms. The third-order valence-electron chi connectivity index (χ3n) is 8.60. The molecule has 1 N–H and O–H groups in total. The number of amides is 2. The summed E-state index contributed by atoms with van der Waals surface area (Å²) in [5.41, 5.74) is 1.99. The SMILES string of the molecule is O=C(O)COc1ccc(Sc2ccc(CN3CCC(N4C(=O)N(C5CCOCC5)CC4c4cccc(F)c4)CC3)cn2)cc1. The lowest BCUT2D eigenvalue weighted by Crippen LogP contribution is -2.48. The molecule has 1 aromatic heterocycles. The van der Waals surface area contributed by atoms with Gasteiger partial charge in [0.2, 0.25) is 0 Å². The molecule has 3 saturated heterocycles. The Balaban J connectivity index is 1.04. The number of hydrogen-bond acceptors (Lipinski definition) is 7. The van der Waals surface area contributed by atoms with E-state index in [4.69, 9.17) is 14.6 Å². The van der Waals surface area contributed by atoms with E-state index in [9.17, 15) is 14.0 Å². The Morgan fingerprint density at radius 1 is 1.02 bits per heavy atom. The molecule has 3 aliphatic rings. The number of pyridine rings is 1. The predicted octanol–water partition coefficient (Wildman–Crippen LogP) is 5.46. The molecule has 0 radical (unpaired) electrons. The number of urea groups is 1. The summed E-state index contributed by atoms with van der Waals surface area (Å²) in [5.74, 6) is -0.766. The molecule has 232 valence electrons. The Labute approximate surface area is 260 Å². The van der Waals surface area contributed by atoms with Crippen molar-refractivity contribution in [2.45, 2.75) is 60.3 Å². The summed E-state index contributed by atoms with van der Waals surface area (Å²) in [6.07, 6.45) is 5.33. The summed E-state index contributed by atoms with van der Waals surface area (Å²) in [7, 11) is 0. The van der Waals surface area contributed by atoms with Crippen LogP contribution in [0.4, 0.5) is 9.18 Å². The van der Waals surface area contributed by atoms with Crippen molar-refractivity contribution in [3.8, 4) is 5.75 Å². The zero-order chi connectivity index (χ0) is 30.5. The predicted molar refractivity (Wildman–Crippen MR) is 163 cm³/mol. The summed E-state index contributed by atoms with van der Waals surface area (Å²) in [5, 5.41) is 9.62. The van der Waals surface area contributed by atoms with Crippen LogP contribution in [0, 0.1) is 5.82 Å². The second kappa shape index (κ2) is 14.0. The molecule has 4 heterocycles. The molecular weight excluding hydrogens is 583 g/mol. The lowest BCUT2D eigenvalue weighted by atomic mass is 9.98. The summed E-state index contributed by atoms with van der Waals surface area (Å²) in [6.45, 7) is 4.09. The molecular formula is C33H37FN4O5S. The van der Waals surface area contributed by atoms with E-state index in [0.717, 1.165) is 66.4 Å². The van der Waals surface area contributed by atoms with E-state index in [0.29, 0.717) is 25.5 Å². The Bertz CT molecular complexity index is 1430. The zero-order valence-corrected chi connectivity index (χ0v) is 25.3. The number of hydrogen-bond donors (Lipinski definition) is 1. The molecule has 3 aliphatic heterocycles. The molecule has 1 atom stereocenters. The number of halogens is 1. The lowest BCUT2D eigenvalue weighted by molar-refractivity contribution is -0.139. The van der Waals surface area contributed by atoms with Gasteiger partial charge in [-0.3, -0.25) is 4.90 Å². The minimum atomic E-state index is -1.01. The standard InChI is InChI=1S/C33H37FN4O5S/c34-25-3-1-2-24(18-25)30-21-37(26-12-16-42-17-13-26)33(41)38(30)27-10-14-36(15-11-27)20-23-4-9-31(35-19-23)44-29-7-5-28(6-8-29)43-22-32(39)40/h1-9,18-19,26-27,30H,10-17,20-22H2,(H,39,40). The van der Waals surface area contributed by atoms with Crippen LogP contribution in [0.1, 0.15) is 42.9 Å². The van der Waals surface area contributed by atoms with Gasteiger partial charge in [-0.2, -0.15) is 0 Å². The van der Waals surface area contributed by atoms with Crippen LogP contribution in [0.5, 0.6) is 5.75 Å². The summed E-state index contributed by atoms with van der Waals surface area (Å²) >= 11 is 1.53. The maximum absolute atomic E-state index is 14.2. The minimum absolute atomic E-state index is 0.0735. The normalized spacial score (nSPS) is 20.3. The van der Waals surface area contributed by atoms with Crippen LogP contribution in [-0.4, -0.2) is 88.3 Å². The second-order valence-electron chi connectivity index (χ2n) is 11.5. The monoisotopic (exact) mass is 620 g/mol. The van der Waals surface area contributed by atoms with Crippen molar-refractivity contribution >= 4 is 23.8 Å². The topological polar surface area (TPSA) is 95.4 Å². The number of carboxylic acids is 1. The number of ether oxygens (including phenoxy) is 2. The van der Waals surface area contributed by atoms with Gasteiger partial charge in [-0.05, 0) is 79.3 Å². The van der Waals surface area contributed by atoms with Crippen molar-refractivity contribution in [3.05, 3.63) is 83.8 Å². The maximum Gasteiger partial charge on any atom is 0.341 e. The fourth-order valence-electron chi connectivity index (χ4n) is 6.37. The van der Waals surface area contributed by atoms with E-state index < -0.39 is 5.97 Å². The van der Waals surface area contributed by atoms with E-state index in [1.54, 1.807) is 24.3 Å². The first-order valence-electron chi connectivity index (χ1n) is 15.1. The van der Waals surface area contributed by atoms with Crippen molar-refractivity contribution in [2.24, 2.45) is 0 Å². The van der Waals surface area contributed by atoms with Crippen molar-refractivity contribution in [3.63, 3.8) is 0 Å². The molecule has 0 bridgehead atoms. The van der Waals surface area contributed by atoms with E-state index in [1.807, 2.05) is 40.3 Å². The number of carbonyl (C=O) groups excluding carboxylic acids is 1. The Kier molecular flexibility index (Phi) is 9.63. The minimum Gasteiger partial charge on any atom is -0.482 e. The Morgan fingerprint density at radius 2 is 1.80 bits per heavy atom. The van der Waals surface area contributed by atoms with Gasteiger partial charge in [-0.15, -0.1) is 0 Å². The molecule has 1 unspecified atom stereocenters. The van der Waals surface area contributed by atoms with Gasteiger partial charge in [0.15, 0.2) is 6.61 Å². The number of piperidine rings is 1. The number of carbonyl (C=O) groups is 2. The quantitative estimate of drug-likeness (QED) is 0.320. The molecule has 0 aliphatic carbocycles. The molecule has 0 spiro atoms. The number of rotatable bonds is 10. The zero-order valence-electron chi connectivity index (χ0n) is 24.5. The van der Waals surface area contributed by atoms with Crippen LogP contribution in [0.25, 0.3) is 0 Å². The van der Waals surface area contributed by atoms with Crippen molar-refractivity contribution in [2.75, 3.05) is 39.5 Å². The van der Waals surface area contributed by atoms with E-state index in [2.05, 4.69) is 16.0 Å². The van der Waals surface area contributed by atoms with Crippen LogP contribution in [-0.2, 0) is 16.1 Å². The van der Waals surface area contributed by atoms with Gasteiger partial charge in [0, 0.05) is 62.6 Å². The van der Waals surface area contributed by atoms with E-state index >= 15 is 0 Å². The third-order valence-corrected chi connectivity index (χ3v) is 9.56.